The summed E-state index contributed by atoms with van der Waals surface area (Å²) >= 11 is 6.13. The number of benzene rings is 3. The van der Waals surface area contributed by atoms with Crippen LogP contribution >= 0.6 is 11.6 Å². The number of hydrogen-bond acceptors (Lipinski definition) is 3. The summed E-state index contributed by atoms with van der Waals surface area (Å²) in [7, 11) is 1.96. The molecule has 2 aromatic heterocycles. The molecule has 0 atom stereocenters. The monoisotopic (exact) mass is 509 g/mol. The van der Waals surface area contributed by atoms with Crippen LogP contribution in [0.1, 0.15) is 28.8 Å². The Morgan fingerprint density at radius 2 is 1.86 bits per heavy atom. The number of carboxylic acid groups (broad SMARTS) is 1. The molecule has 0 saturated carbocycles. The second-order valence-corrected chi connectivity index (χ2v) is 9.77. The number of halogens is 1. The maximum atomic E-state index is 11.0. The molecule has 0 unspecified atom stereocenters. The third-order valence-corrected chi connectivity index (χ3v) is 6.68. The highest BCUT2D eigenvalue weighted by Gasteiger charge is 2.11. The number of nitrogens with zero attached hydrogens (tertiary/aromatic N) is 3. The molecule has 1 N–H and O–H groups in total. The van der Waals surface area contributed by atoms with Gasteiger partial charge in [0.2, 0.25) is 0 Å². The van der Waals surface area contributed by atoms with E-state index in [1.54, 1.807) is 0 Å². The lowest BCUT2D eigenvalue weighted by Gasteiger charge is -2.14. The van der Waals surface area contributed by atoms with Crippen LogP contribution in [0.5, 0.6) is 0 Å². The maximum absolute atomic E-state index is 11.0. The summed E-state index contributed by atoms with van der Waals surface area (Å²) in [5, 5.41) is 11.9. The number of rotatable bonds is 9. The van der Waals surface area contributed by atoms with E-state index in [9.17, 15) is 4.79 Å². The van der Waals surface area contributed by atoms with Gasteiger partial charge >= 0.3 is 5.97 Å². The summed E-state index contributed by atoms with van der Waals surface area (Å²) in [6, 6.07) is 26.7. The molecule has 37 heavy (non-hydrogen) atoms. The van der Waals surface area contributed by atoms with Gasteiger partial charge in [0, 0.05) is 47.1 Å². The molecule has 0 amide bonds. The highest BCUT2D eigenvalue weighted by atomic mass is 35.5. The zero-order valence-corrected chi connectivity index (χ0v) is 21.4. The van der Waals surface area contributed by atoms with Crippen molar-refractivity contribution in [2.45, 2.75) is 19.5 Å². The fraction of sp³-hybridized carbons (Fsp3) is 0.161. The third kappa shape index (κ3) is 6.08. The van der Waals surface area contributed by atoms with Crippen molar-refractivity contribution in [1.29, 1.82) is 0 Å². The maximum Gasteiger partial charge on any atom is 0.304 e. The highest BCUT2D eigenvalue weighted by Crippen LogP contribution is 2.24. The largest absolute Gasteiger partial charge is 0.481 e. The summed E-state index contributed by atoms with van der Waals surface area (Å²) in [6.07, 6.45) is 6.43. The standard InChI is InChI=1S/C31H28ClN3O2/c1-34(16-15-31(36)37)20-25-21-35(30-8-3-2-7-28(25)30)19-23-6-4-5-22(17-23)9-13-27-14-11-24-10-12-26(32)18-29(24)33-27/h2-14,17-18,21H,15-16,19-20H2,1H3,(H,36,37)/b13-9+. The van der Waals surface area contributed by atoms with Crippen LogP contribution in [0.4, 0.5) is 0 Å². The molecule has 0 aliphatic heterocycles. The van der Waals surface area contributed by atoms with Crippen LogP contribution in [0.2, 0.25) is 5.02 Å². The first-order valence-corrected chi connectivity index (χ1v) is 12.6. The van der Waals surface area contributed by atoms with Gasteiger partial charge in [0.15, 0.2) is 0 Å². The molecule has 6 heteroatoms. The van der Waals surface area contributed by atoms with Gasteiger partial charge in [-0.15, -0.1) is 0 Å². The molecule has 0 fully saturated rings. The molecule has 5 aromatic rings. The smallest absolute Gasteiger partial charge is 0.304 e. The van der Waals surface area contributed by atoms with Crippen LogP contribution in [0.15, 0.2) is 85.1 Å². The first-order chi connectivity index (χ1) is 17.9. The van der Waals surface area contributed by atoms with Crippen LogP contribution < -0.4 is 0 Å². The van der Waals surface area contributed by atoms with Crippen molar-refractivity contribution < 1.29 is 9.90 Å². The van der Waals surface area contributed by atoms with Crippen LogP contribution in [-0.2, 0) is 17.9 Å². The molecule has 0 aliphatic rings. The number of hydrogen-bond donors (Lipinski definition) is 1. The number of carboxylic acids is 1. The minimum Gasteiger partial charge on any atom is -0.481 e. The molecule has 0 spiro atoms. The number of pyridine rings is 1. The zero-order chi connectivity index (χ0) is 25.8. The first-order valence-electron chi connectivity index (χ1n) is 12.2. The van der Waals surface area contributed by atoms with Crippen molar-refractivity contribution >= 4 is 51.5 Å². The quantitative estimate of drug-likeness (QED) is 0.233. The molecule has 2 heterocycles. The average Bonchev–Trinajstić information content (AvgIpc) is 3.23. The number of aromatic nitrogens is 2. The van der Waals surface area contributed by atoms with E-state index in [1.807, 2.05) is 43.5 Å². The van der Waals surface area contributed by atoms with E-state index < -0.39 is 5.97 Å². The number of carbonyl (C=O) groups is 1. The van der Waals surface area contributed by atoms with Gasteiger partial charge in [-0.1, -0.05) is 66.2 Å². The van der Waals surface area contributed by atoms with E-state index >= 15 is 0 Å². The summed E-state index contributed by atoms with van der Waals surface area (Å²) in [5.74, 6) is -0.774. The fourth-order valence-corrected chi connectivity index (χ4v) is 4.77. The Morgan fingerprint density at radius 3 is 2.73 bits per heavy atom. The SMILES string of the molecule is CN(CCC(=O)O)Cc1cn(Cc2cccc(/C=C/c3ccc4ccc(Cl)cc4n3)c2)c2ccccc12. The van der Waals surface area contributed by atoms with Gasteiger partial charge in [-0.2, -0.15) is 0 Å². The normalized spacial score (nSPS) is 11.8. The minimum absolute atomic E-state index is 0.137. The van der Waals surface area contributed by atoms with Gasteiger partial charge in [-0.05, 0) is 60.1 Å². The van der Waals surface area contributed by atoms with Crippen LogP contribution in [0, 0.1) is 0 Å². The average molecular weight is 510 g/mol. The topological polar surface area (TPSA) is 58.4 Å². The van der Waals surface area contributed by atoms with Crippen molar-refractivity contribution in [3.05, 3.63) is 112 Å². The highest BCUT2D eigenvalue weighted by molar-refractivity contribution is 6.31. The summed E-state index contributed by atoms with van der Waals surface area (Å²) in [5.41, 5.74) is 6.44. The summed E-state index contributed by atoms with van der Waals surface area (Å²) in [6.45, 7) is 1.96. The van der Waals surface area contributed by atoms with Crippen LogP contribution in [0.3, 0.4) is 0 Å². The van der Waals surface area contributed by atoms with Crippen molar-refractivity contribution in [2.75, 3.05) is 13.6 Å². The molecule has 5 nitrogen and oxygen atoms in total. The number of fused-ring (bicyclic) bond motifs is 2. The van der Waals surface area contributed by atoms with Gasteiger partial charge in [0.25, 0.3) is 0 Å². The molecular formula is C31H28ClN3O2. The van der Waals surface area contributed by atoms with Crippen LogP contribution in [0.25, 0.3) is 34.0 Å². The molecule has 0 aliphatic carbocycles. The molecule has 5 rings (SSSR count). The van der Waals surface area contributed by atoms with Gasteiger partial charge in [0.05, 0.1) is 17.6 Å². The first kappa shape index (κ1) is 24.8. The van der Waals surface area contributed by atoms with Crippen molar-refractivity contribution in [1.82, 2.24) is 14.5 Å². The van der Waals surface area contributed by atoms with Crippen molar-refractivity contribution in [3.8, 4) is 0 Å². The van der Waals surface area contributed by atoms with E-state index in [-0.39, 0.29) is 6.42 Å². The Morgan fingerprint density at radius 1 is 1.03 bits per heavy atom. The fourth-order valence-electron chi connectivity index (χ4n) is 4.61. The van der Waals surface area contributed by atoms with E-state index in [2.05, 4.69) is 70.3 Å². The molecule has 0 saturated heterocycles. The molecule has 0 radical (unpaired) electrons. The predicted molar refractivity (Wildman–Crippen MR) is 152 cm³/mol. The minimum atomic E-state index is -0.774. The second kappa shape index (κ2) is 11.0. The Hall–Kier alpha value is -3.93. The summed E-state index contributed by atoms with van der Waals surface area (Å²) < 4.78 is 2.27. The number of aliphatic carboxylic acids is 1. The number of para-hydroxylation sites is 1. The Labute approximate surface area is 221 Å². The van der Waals surface area contributed by atoms with Gasteiger partial charge in [-0.3, -0.25) is 4.79 Å². The molecule has 0 bridgehead atoms. The van der Waals surface area contributed by atoms with Gasteiger partial charge < -0.3 is 14.6 Å². The van der Waals surface area contributed by atoms with Crippen LogP contribution in [-0.4, -0.2) is 39.1 Å². The predicted octanol–water partition coefficient (Wildman–Crippen LogP) is 6.97. The Bertz CT molecular complexity index is 1610. The lowest BCUT2D eigenvalue weighted by molar-refractivity contribution is -0.137. The van der Waals surface area contributed by atoms with E-state index in [4.69, 9.17) is 21.7 Å². The Balaban J connectivity index is 1.35. The van der Waals surface area contributed by atoms with Crippen molar-refractivity contribution in [3.63, 3.8) is 0 Å². The zero-order valence-electron chi connectivity index (χ0n) is 20.6. The molecule has 186 valence electrons. The van der Waals surface area contributed by atoms with Crippen molar-refractivity contribution in [2.24, 2.45) is 0 Å². The molecule has 3 aromatic carbocycles. The molecular weight excluding hydrogens is 482 g/mol. The van der Waals surface area contributed by atoms with Gasteiger partial charge in [0.1, 0.15) is 0 Å². The Kier molecular flexibility index (Phi) is 7.35. The lowest BCUT2D eigenvalue weighted by atomic mass is 10.1. The van der Waals surface area contributed by atoms with E-state index in [0.717, 1.165) is 28.7 Å². The van der Waals surface area contributed by atoms with E-state index in [1.165, 1.54) is 22.0 Å². The second-order valence-electron chi connectivity index (χ2n) is 9.33. The third-order valence-electron chi connectivity index (χ3n) is 6.44. The van der Waals surface area contributed by atoms with E-state index in [0.29, 0.717) is 18.1 Å². The summed E-state index contributed by atoms with van der Waals surface area (Å²) in [4.78, 5) is 17.7. The van der Waals surface area contributed by atoms with Gasteiger partial charge in [-0.25, -0.2) is 4.98 Å². The lowest BCUT2D eigenvalue weighted by Crippen LogP contribution is -2.21.